The van der Waals surface area contributed by atoms with Crippen molar-refractivity contribution in [2.75, 3.05) is 11.6 Å². The summed E-state index contributed by atoms with van der Waals surface area (Å²) in [6.45, 7) is -0.00734. The molecule has 1 amide bonds. The lowest BCUT2D eigenvalue weighted by Gasteiger charge is -2.27. The SMILES string of the molecule is O=C(O)CCCCCN(O)N(C(=O)O)c1ccc(C(=O)O)cc1. The van der Waals surface area contributed by atoms with Gasteiger partial charge in [0.1, 0.15) is 0 Å². The van der Waals surface area contributed by atoms with Gasteiger partial charge in [-0.25, -0.2) is 9.59 Å². The van der Waals surface area contributed by atoms with Crippen LogP contribution in [-0.2, 0) is 4.79 Å². The van der Waals surface area contributed by atoms with Crippen LogP contribution in [0.4, 0.5) is 10.5 Å². The Morgan fingerprint density at radius 1 is 0.913 bits per heavy atom. The lowest BCUT2D eigenvalue weighted by molar-refractivity contribution is -0.137. The Morgan fingerprint density at radius 3 is 2.00 bits per heavy atom. The average molecular weight is 326 g/mol. The highest BCUT2D eigenvalue weighted by atomic mass is 16.6. The van der Waals surface area contributed by atoms with E-state index in [0.717, 1.165) is 0 Å². The van der Waals surface area contributed by atoms with Crippen molar-refractivity contribution >= 4 is 23.7 Å². The summed E-state index contributed by atoms with van der Waals surface area (Å²) in [5, 5.41) is 37.4. The molecule has 0 bridgehead atoms. The number of amides is 1. The Morgan fingerprint density at radius 2 is 1.52 bits per heavy atom. The number of hydrogen-bond donors (Lipinski definition) is 4. The number of aromatic carboxylic acids is 1. The highest BCUT2D eigenvalue weighted by molar-refractivity contribution is 5.89. The predicted molar refractivity (Wildman–Crippen MR) is 78.5 cm³/mol. The van der Waals surface area contributed by atoms with Gasteiger partial charge in [-0.2, -0.15) is 5.01 Å². The van der Waals surface area contributed by atoms with Crippen LogP contribution in [0.2, 0.25) is 0 Å². The highest BCUT2D eigenvalue weighted by Crippen LogP contribution is 2.18. The molecule has 0 aliphatic rings. The Kier molecular flexibility index (Phi) is 6.97. The zero-order chi connectivity index (χ0) is 17.4. The summed E-state index contributed by atoms with van der Waals surface area (Å²) < 4.78 is 0. The van der Waals surface area contributed by atoms with Gasteiger partial charge in [0.15, 0.2) is 0 Å². The Bertz CT molecular complexity index is 559. The van der Waals surface area contributed by atoms with Crippen LogP contribution in [0.15, 0.2) is 24.3 Å². The molecule has 1 rings (SSSR count). The molecule has 0 atom stereocenters. The first-order chi connectivity index (χ1) is 10.8. The van der Waals surface area contributed by atoms with Crippen LogP contribution in [0.3, 0.4) is 0 Å². The number of anilines is 1. The van der Waals surface area contributed by atoms with E-state index in [1.165, 1.54) is 24.3 Å². The second-order valence-corrected chi connectivity index (χ2v) is 4.75. The molecule has 0 aromatic heterocycles. The Hall–Kier alpha value is -2.65. The molecule has 1 aromatic rings. The van der Waals surface area contributed by atoms with E-state index in [1.54, 1.807) is 0 Å². The van der Waals surface area contributed by atoms with Crippen LogP contribution >= 0.6 is 0 Å². The van der Waals surface area contributed by atoms with Crippen molar-refractivity contribution < 1.29 is 34.9 Å². The predicted octanol–water partition coefficient (Wildman–Crippen LogP) is 2.12. The van der Waals surface area contributed by atoms with Gasteiger partial charge in [0, 0.05) is 13.0 Å². The fourth-order valence-electron chi connectivity index (χ4n) is 1.89. The lowest BCUT2D eigenvalue weighted by atomic mass is 10.2. The van der Waals surface area contributed by atoms with Gasteiger partial charge in [-0.15, -0.1) is 0 Å². The van der Waals surface area contributed by atoms with Crippen molar-refractivity contribution in [3.63, 3.8) is 0 Å². The molecule has 23 heavy (non-hydrogen) atoms. The summed E-state index contributed by atoms with van der Waals surface area (Å²) in [6.07, 6.45) is -0.0507. The molecule has 0 saturated heterocycles. The number of hydroxylamine groups is 1. The van der Waals surface area contributed by atoms with Crippen molar-refractivity contribution in [1.82, 2.24) is 5.17 Å². The molecule has 9 heteroatoms. The molecule has 0 unspecified atom stereocenters. The Labute approximate surface area is 131 Å². The van der Waals surface area contributed by atoms with E-state index >= 15 is 0 Å². The van der Waals surface area contributed by atoms with Gasteiger partial charge in [-0.05, 0) is 37.1 Å². The molecule has 0 aliphatic heterocycles. The lowest BCUT2D eigenvalue weighted by Crippen LogP contribution is -2.44. The first-order valence-electron chi connectivity index (χ1n) is 6.87. The van der Waals surface area contributed by atoms with Crippen molar-refractivity contribution in [1.29, 1.82) is 0 Å². The van der Waals surface area contributed by atoms with Gasteiger partial charge >= 0.3 is 18.0 Å². The maximum absolute atomic E-state index is 11.3. The zero-order valence-corrected chi connectivity index (χ0v) is 12.3. The number of hydrogen-bond acceptors (Lipinski definition) is 5. The number of benzene rings is 1. The van der Waals surface area contributed by atoms with E-state index in [4.69, 9.17) is 10.2 Å². The van der Waals surface area contributed by atoms with E-state index in [2.05, 4.69) is 0 Å². The number of carboxylic acid groups (broad SMARTS) is 3. The van der Waals surface area contributed by atoms with Crippen LogP contribution in [-0.4, -0.2) is 50.3 Å². The van der Waals surface area contributed by atoms with Gasteiger partial charge in [0.2, 0.25) is 0 Å². The van der Waals surface area contributed by atoms with E-state index in [0.29, 0.717) is 29.4 Å². The number of carbonyl (C=O) groups is 3. The highest BCUT2D eigenvalue weighted by Gasteiger charge is 2.21. The second-order valence-electron chi connectivity index (χ2n) is 4.75. The molecule has 0 fully saturated rings. The normalized spacial score (nSPS) is 10.5. The molecule has 126 valence electrons. The number of rotatable bonds is 9. The minimum absolute atomic E-state index is 0.00255. The number of aliphatic carboxylic acids is 1. The van der Waals surface area contributed by atoms with E-state index in [1.807, 2.05) is 0 Å². The third kappa shape index (κ3) is 5.93. The molecule has 1 aromatic carbocycles. The fourth-order valence-corrected chi connectivity index (χ4v) is 1.89. The van der Waals surface area contributed by atoms with Crippen LogP contribution in [0.5, 0.6) is 0 Å². The average Bonchev–Trinajstić information content (AvgIpc) is 2.46. The molecule has 0 radical (unpaired) electrons. The maximum Gasteiger partial charge on any atom is 0.428 e. The van der Waals surface area contributed by atoms with E-state index in [-0.39, 0.29) is 24.2 Å². The topological polar surface area (TPSA) is 139 Å². The first-order valence-corrected chi connectivity index (χ1v) is 6.87. The molecular weight excluding hydrogens is 308 g/mol. The van der Waals surface area contributed by atoms with Crippen molar-refractivity contribution in [2.45, 2.75) is 25.7 Å². The maximum atomic E-state index is 11.3. The Balaban J connectivity index is 2.64. The summed E-state index contributed by atoms with van der Waals surface area (Å²) in [7, 11) is 0. The number of hydrazine groups is 1. The summed E-state index contributed by atoms with van der Waals surface area (Å²) in [4.78, 5) is 32.4. The van der Waals surface area contributed by atoms with Gasteiger partial charge in [0.05, 0.1) is 11.3 Å². The minimum Gasteiger partial charge on any atom is -0.481 e. The molecule has 4 N–H and O–H groups in total. The summed E-state index contributed by atoms with van der Waals surface area (Å²) in [6, 6.07) is 5.00. The van der Waals surface area contributed by atoms with Gasteiger partial charge in [-0.1, -0.05) is 11.6 Å². The third-order valence-electron chi connectivity index (χ3n) is 3.02. The second kappa shape index (κ2) is 8.71. The smallest absolute Gasteiger partial charge is 0.428 e. The van der Waals surface area contributed by atoms with Crippen LogP contribution in [0.1, 0.15) is 36.0 Å². The van der Waals surface area contributed by atoms with Crippen LogP contribution < -0.4 is 5.01 Å². The van der Waals surface area contributed by atoms with Gasteiger partial charge in [-0.3, -0.25) is 10.0 Å². The largest absolute Gasteiger partial charge is 0.481 e. The quantitative estimate of drug-likeness (QED) is 0.400. The van der Waals surface area contributed by atoms with E-state index in [9.17, 15) is 24.7 Å². The molecule has 9 nitrogen and oxygen atoms in total. The van der Waals surface area contributed by atoms with Crippen molar-refractivity contribution in [3.05, 3.63) is 29.8 Å². The zero-order valence-electron chi connectivity index (χ0n) is 12.3. The summed E-state index contributed by atoms with van der Waals surface area (Å²) in [5.74, 6) is -2.05. The third-order valence-corrected chi connectivity index (χ3v) is 3.02. The molecular formula is C14H18N2O7. The number of unbranched alkanes of at least 4 members (excludes halogenated alkanes) is 2. The van der Waals surface area contributed by atoms with Crippen molar-refractivity contribution in [3.8, 4) is 0 Å². The van der Waals surface area contributed by atoms with Crippen LogP contribution in [0, 0.1) is 0 Å². The monoisotopic (exact) mass is 326 g/mol. The van der Waals surface area contributed by atoms with Gasteiger partial charge < -0.3 is 15.3 Å². The van der Waals surface area contributed by atoms with Crippen molar-refractivity contribution in [2.24, 2.45) is 0 Å². The molecule has 0 heterocycles. The minimum atomic E-state index is -1.43. The van der Waals surface area contributed by atoms with Crippen LogP contribution in [0.25, 0.3) is 0 Å². The van der Waals surface area contributed by atoms with E-state index < -0.39 is 18.0 Å². The first kappa shape index (κ1) is 18.4. The standard InChI is InChI=1S/C14H18N2O7/c17-12(18)4-2-1-3-9-15(23)16(14(21)22)11-7-5-10(6-8-11)13(19)20/h5-8,23H,1-4,9H2,(H,17,18)(H,19,20)(H,21,22). The molecule has 0 spiro atoms. The summed E-state index contributed by atoms with van der Waals surface area (Å²) in [5.41, 5.74) is 0.0905. The summed E-state index contributed by atoms with van der Waals surface area (Å²) >= 11 is 0. The number of carboxylic acids is 2. The van der Waals surface area contributed by atoms with Gasteiger partial charge in [0.25, 0.3) is 0 Å². The molecule has 0 aliphatic carbocycles. The number of nitrogens with zero attached hydrogens (tertiary/aromatic N) is 2. The molecule has 0 saturated carbocycles. The fraction of sp³-hybridized carbons (Fsp3) is 0.357.